The first-order valence-electron chi connectivity index (χ1n) is 11.0. The van der Waals surface area contributed by atoms with E-state index in [0.29, 0.717) is 35.4 Å². The molecule has 3 heterocycles. The summed E-state index contributed by atoms with van der Waals surface area (Å²) in [5.74, 6) is -0.407. The van der Waals surface area contributed by atoms with E-state index >= 15 is 0 Å². The van der Waals surface area contributed by atoms with Crippen LogP contribution in [0, 0.1) is 0 Å². The van der Waals surface area contributed by atoms with Gasteiger partial charge in [0, 0.05) is 35.6 Å². The van der Waals surface area contributed by atoms with Crippen LogP contribution in [0.2, 0.25) is 0 Å². The SMILES string of the molecule is O=C(NNC(=O)c1csc(C2CCN(C(=O)c3ccc4nonc4c3)CC2)n1)Nc1ccccc1. The molecule has 0 bridgehead atoms. The molecule has 1 fully saturated rings. The number of piperidine rings is 1. The number of hydrazine groups is 1. The summed E-state index contributed by atoms with van der Waals surface area (Å²) < 4.78 is 4.70. The fourth-order valence-electron chi connectivity index (χ4n) is 3.87. The number of nitrogens with one attached hydrogen (secondary N) is 3. The maximum Gasteiger partial charge on any atom is 0.337 e. The minimum absolute atomic E-state index is 0.0626. The van der Waals surface area contributed by atoms with Crippen LogP contribution in [0.5, 0.6) is 0 Å². The summed E-state index contributed by atoms with van der Waals surface area (Å²) in [5.41, 5.74) is 7.22. The first kappa shape index (κ1) is 22.5. The van der Waals surface area contributed by atoms with Crippen molar-refractivity contribution in [3.05, 3.63) is 70.2 Å². The summed E-state index contributed by atoms with van der Waals surface area (Å²) in [7, 11) is 0. The Morgan fingerprint density at radius 3 is 2.54 bits per heavy atom. The molecular formula is C23H21N7O4S. The lowest BCUT2D eigenvalue weighted by molar-refractivity contribution is 0.0713. The molecule has 12 heteroatoms. The van der Waals surface area contributed by atoms with Crippen LogP contribution in [-0.4, -0.2) is 51.1 Å². The summed E-state index contributed by atoms with van der Waals surface area (Å²) in [6.07, 6.45) is 1.48. The number of carbonyl (C=O) groups is 3. The quantitative estimate of drug-likeness (QED) is 0.372. The molecule has 2 aromatic heterocycles. The van der Waals surface area contributed by atoms with E-state index in [1.807, 2.05) is 11.0 Å². The Bertz CT molecular complexity index is 1360. The van der Waals surface area contributed by atoms with Crippen LogP contribution in [-0.2, 0) is 0 Å². The van der Waals surface area contributed by atoms with Gasteiger partial charge in [-0.3, -0.25) is 15.0 Å². The van der Waals surface area contributed by atoms with E-state index in [-0.39, 0.29) is 17.5 Å². The molecule has 0 spiro atoms. The Morgan fingerprint density at radius 2 is 1.74 bits per heavy atom. The van der Waals surface area contributed by atoms with E-state index in [0.717, 1.165) is 17.8 Å². The molecule has 0 radical (unpaired) electrons. The minimum Gasteiger partial charge on any atom is -0.339 e. The lowest BCUT2D eigenvalue weighted by Gasteiger charge is -2.31. The Kier molecular flexibility index (Phi) is 6.35. The van der Waals surface area contributed by atoms with Crippen LogP contribution in [0.1, 0.15) is 44.6 Å². The second-order valence-corrected chi connectivity index (χ2v) is 8.89. The first-order valence-corrected chi connectivity index (χ1v) is 11.8. The highest BCUT2D eigenvalue weighted by Crippen LogP contribution is 2.31. The Morgan fingerprint density at radius 1 is 0.971 bits per heavy atom. The van der Waals surface area contributed by atoms with Crippen molar-refractivity contribution in [2.24, 2.45) is 0 Å². The van der Waals surface area contributed by atoms with Crippen LogP contribution in [0.25, 0.3) is 11.0 Å². The van der Waals surface area contributed by atoms with Crippen molar-refractivity contribution in [3.63, 3.8) is 0 Å². The van der Waals surface area contributed by atoms with Crippen molar-refractivity contribution in [1.29, 1.82) is 0 Å². The molecule has 5 rings (SSSR count). The Balaban J connectivity index is 1.12. The summed E-state index contributed by atoms with van der Waals surface area (Å²) in [6, 6.07) is 13.5. The molecule has 0 atom stereocenters. The number of hydrogen-bond acceptors (Lipinski definition) is 8. The van der Waals surface area contributed by atoms with Crippen LogP contribution in [0.15, 0.2) is 58.5 Å². The predicted molar refractivity (Wildman–Crippen MR) is 128 cm³/mol. The average Bonchev–Trinajstić information content (AvgIpc) is 3.57. The van der Waals surface area contributed by atoms with Gasteiger partial charge in [0.1, 0.15) is 16.7 Å². The molecular weight excluding hydrogens is 470 g/mol. The number of urea groups is 1. The van der Waals surface area contributed by atoms with Gasteiger partial charge in [-0.1, -0.05) is 18.2 Å². The molecule has 2 aromatic carbocycles. The minimum atomic E-state index is -0.559. The van der Waals surface area contributed by atoms with E-state index in [1.165, 1.54) is 11.3 Å². The van der Waals surface area contributed by atoms with Crippen LogP contribution in [0.3, 0.4) is 0 Å². The standard InChI is InChI=1S/C23H21N7O4S/c31-20(26-27-23(33)24-16-4-2-1-3-5-16)19-13-35-21(25-19)14-8-10-30(11-9-14)22(32)15-6-7-17-18(12-15)29-34-28-17/h1-7,12-14H,8-11H2,(H,26,31)(H2,24,27,33). The molecule has 35 heavy (non-hydrogen) atoms. The van der Waals surface area contributed by atoms with E-state index in [4.69, 9.17) is 4.63 Å². The number of benzene rings is 2. The highest BCUT2D eigenvalue weighted by Gasteiger charge is 2.27. The maximum absolute atomic E-state index is 12.9. The molecule has 4 aromatic rings. The smallest absolute Gasteiger partial charge is 0.337 e. The van der Waals surface area contributed by atoms with E-state index in [9.17, 15) is 14.4 Å². The summed E-state index contributed by atoms with van der Waals surface area (Å²) in [5, 5.41) is 12.7. The average molecular weight is 492 g/mol. The number of hydrogen-bond donors (Lipinski definition) is 3. The number of amides is 4. The number of aromatic nitrogens is 3. The van der Waals surface area contributed by atoms with Crippen LogP contribution in [0.4, 0.5) is 10.5 Å². The highest BCUT2D eigenvalue weighted by molar-refractivity contribution is 7.09. The molecule has 1 saturated heterocycles. The number of thiazole rings is 1. The zero-order valence-corrected chi connectivity index (χ0v) is 19.2. The van der Waals surface area contributed by atoms with Gasteiger partial charge < -0.3 is 10.2 Å². The molecule has 178 valence electrons. The van der Waals surface area contributed by atoms with E-state index < -0.39 is 11.9 Å². The number of fused-ring (bicyclic) bond motifs is 1. The zero-order valence-electron chi connectivity index (χ0n) is 18.4. The van der Waals surface area contributed by atoms with Crippen molar-refractivity contribution in [3.8, 4) is 0 Å². The summed E-state index contributed by atoms with van der Waals surface area (Å²) >= 11 is 1.40. The number of rotatable bonds is 4. The number of nitrogens with zero attached hydrogens (tertiary/aromatic N) is 4. The van der Waals surface area contributed by atoms with Gasteiger partial charge in [0.05, 0.1) is 5.01 Å². The van der Waals surface area contributed by atoms with Crippen molar-refractivity contribution >= 4 is 45.9 Å². The molecule has 1 aliphatic rings. The van der Waals surface area contributed by atoms with Gasteiger partial charge in [0.2, 0.25) is 0 Å². The predicted octanol–water partition coefficient (Wildman–Crippen LogP) is 3.17. The van der Waals surface area contributed by atoms with Crippen LogP contribution >= 0.6 is 11.3 Å². The zero-order chi connectivity index (χ0) is 24.2. The second-order valence-electron chi connectivity index (χ2n) is 8.00. The summed E-state index contributed by atoms with van der Waals surface area (Å²) in [6.45, 7) is 1.17. The third-order valence-electron chi connectivity index (χ3n) is 5.71. The lowest BCUT2D eigenvalue weighted by atomic mass is 9.97. The second kappa shape index (κ2) is 9.89. The van der Waals surface area contributed by atoms with Gasteiger partial charge in [0.15, 0.2) is 0 Å². The van der Waals surface area contributed by atoms with Crippen molar-refractivity contribution in [2.45, 2.75) is 18.8 Å². The molecule has 1 aliphatic heterocycles. The molecule has 0 saturated carbocycles. The number of anilines is 1. The molecule has 3 N–H and O–H groups in total. The van der Waals surface area contributed by atoms with Crippen molar-refractivity contribution in [1.82, 2.24) is 31.0 Å². The number of likely N-dealkylation sites (tertiary alicyclic amines) is 1. The van der Waals surface area contributed by atoms with Gasteiger partial charge in [-0.2, -0.15) is 0 Å². The maximum atomic E-state index is 12.9. The Hall–Kier alpha value is -4.32. The fraction of sp³-hybridized carbons (Fsp3) is 0.217. The van der Waals surface area contributed by atoms with Crippen LogP contribution < -0.4 is 16.2 Å². The highest BCUT2D eigenvalue weighted by atomic mass is 32.1. The van der Waals surface area contributed by atoms with E-state index in [1.54, 1.807) is 47.8 Å². The van der Waals surface area contributed by atoms with Crippen molar-refractivity contribution < 1.29 is 19.0 Å². The molecule has 11 nitrogen and oxygen atoms in total. The molecule has 0 unspecified atom stereocenters. The third-order valence-corrected chi connectivity index (χ3v) is 6.72. The number of carbonyl (C=O) groups excluding carboxylic acids is 3. The van der Waals surface area contributed by atoms with E-state index in [2.05, 4.69) is 31.5 Å². The van der Waals surface area contributed by atoms with Gasteiger partial charge in [-0.05, 0) is 53.5 Å². The van der Waals surface area contributed by atoms with Gasteiger partial charge in [-0.15, -0.1) is 11.3 Å². The summed E-state index contributed by atoms with van der Waals surface area (Å²) in [4.78, 5) is 43.5. The largest absolute Gasteiger partial charge is 0.339 e. The van der Waals surface area contributed by atoms with Gasteiger partial charge in [0.25, 0.3) is 11.8 Å². The third kappa shape index (κ3) is 5.11. The van der Waals surface area contributed by atoms with Gasteiger partial charge >= 0.3 is 6.03 Å². The molecule has 4 amide bonds. The normalized spacial score (nSPS) is 14.0. The Labute approximate surface area is 203 Å². The first-order chi connectivity index (χ1) is 17.1. The lowest BCUT2D eigenvalue weighted by Crippen LogP contribution is -2.44. The number of para-hydroxylation sites is 1. The topological polar surface area (TPSA) is 142 Å². The fourth-order valence-corrected chi connectivity index (χ4v) is 4.84. The van der Waals surface area contributed by atoms with Gasteiger partial charge in [-0.25, -0.2) is 19.8 Å². The van der Waals surface area contributed by atoms with Crippen molar-refractivity contribution in [2.75, 3.05) is 18.4 Å². The monoisotopic (exact) mass is 491 g/mol. The molecule has 0 aliphatic carbocycles.